The van der Waals surface area contributed by atoms with Gasteiger partial charge in [0.25, 0.3) is 0 Å². The first-order chi connectivity index (χ1) is 9.77. The Kier molecular flexibility index (Phi) is 4.70. The highest BCUT2D eigenvalue weighted by atomic mass is 32.2. The van der Waals surface area contributed by atoms with Gasteiger partial charge in [0.2, 0.25) is 0 Å². The fourth-order valence-electron chi connectivity index (χ4n) is 1.85. The molecule has 0 aliphatic carbocycles. The summed E-state index contributed by atoms with van der Waals surface area (Å²) in [5, 5.41) is 0. The number of nitrogens with two attached hydrogens (primary N) is 1. The van der Waals surface area contributed by atoms with Crippen molar-refractivity contribution in [3.8, 4) is 0 Å². The summed E-state index contributed by atoms with van der Waals surface area (Å²) in [4.78, 5) is 2.01. The maximum absolute atomic E-state index is 13.3. The van der Waals surface area contributed by atoms with Crippen LogP contribution in [-0.4, -0.2) is 14.7 Å². The van der Waals surface area contributed by atoms with Gasteiger partial charge in [-0.15, -0.1) is 0 Å². The van der Waals surface area contributed by atoms with Gasteiger partial charge in [-0.3, -0.25) is 0 Å². The van der Waals surface area contributed by atoms with Crippen LogP contribution in [0.1, 0.15) is 18.5 Å². The lowest BCUT2D eigenvalue weighted by Crippen LogP contribution is -2.06. The maximum Gasteiger partial charge on any atom is 0.175 e. The average molecular weight is 325 g/mol. The Morgan fingerprint density at radius 2 is 1.76 bits per heavy atom. The predicted octanol–water partition coefficient (Wildman–Crippen LogP) is 3.40. The van der Waals surface area contributed by atoms with Crippen molar-refractivity contribution in [2.75, 3.05) is 6.26 Å². The second-order valence-corrected chi connectivity index (χ2v) is 7.95. The zero-order chi connectivity index (χ0) is 15.6. The summed E-state index contributed by atoms with van der Waals surface area (Å²) in [6.45, 7) is 1.80. The van der Waals surface area contributed by atoms with Crippen molar-refractivity contribution < 1.29 is 12.8 Å². The molecule has 0 saturated heterocycles. The zero-order valence-corrected chi connectivity index (χ0v) is 13.3. The minimum absolute atomic E-state index is 0.276. The van der Waals surface area contributed by atoms with Crippen LogP contribution in [0.5, 0.6) is 0 Å². The summed E-state index contributed by atoms with van der Waals surface area (Å²) in [7, 11) is -3.20. The van der Waals surface area contributed by atoms with Gasteiger partial charge in [0.15, 0.2) is 9.84 Å². The monoisotopic (exact) mass is 325 g/mol. The third-order valence-electron chi connectivity index (χ3n) is 2.94. The van der Waals surface area contributed by atoms with Crippen molar-refractivity contribution in [3.05, 3.63) is 53.8 Å². The Balaban J connectivity index is 2.30. The molecule has 0 saturated carbocycles. The molecule has 0 bridgehead atoms. The molecular formula is C15H16FNO2S2. The Hall–Kier alpha value is -1.37. The van der Waals surface area contributed by atoms with Crippen LogP contribution in [0.4, 0.5) is 4.39 Å². The van der Waals surface area contributed by atoms with Gasteiger partial charge in [-0.25, -0.2) is 12.8 Å². The second-order valence-electron chi connectivity index (χ2n) is 4.82. The summed E-state index contributed by atoms with van der Waals surface area (Å²) < 4.78 is 36.1. The Labute approximate surface area is 128 Å². The fourth-order valence-corrected chi connectivity index (χ4v) is 3.51. The fraction of sp³-hybridized carbons (Fsp3) is 0.200. The van der Waals surface area contributed by atoms with Crippen LogP contribution in [0.3, 0.4) is 0 Å². The molecule has 1 unspecified atom stereocenters. The van der Waals surface area contributed by atoms with Gasteiger partial charge in [-0.2, -0.15) is 0 Å². The second kappa shape index (κ2) is 6.17. The Morgan fingerprint density at radius 3 is 2.29 bits per heavy atom. The molecule has 2 aromatic carbocycles. The lowest BCUT2D eigenvalue weighted by molar-refractivity contribution is 0.602. The third kappa shape index (κ3) is 4.06. The molecule has 0 heterocycles. The van der Waals surface area contributed by atoms with E-state index in [1.165, 1.54) is 30.2 Å². The molecule has 6 heteroatoms. The summed E-state index contributed by atoms with van der Waals surface area (Å²) in [5.74, 6) is -0.320. The van der Waals surface area contributed by atoms with Crippen molar-refractivity contribution in [2.24, 2.45) is 5.73 Å². The average Bonchev–Trinajstić information content (AvgIpc) is 2.40. The molecule has 0 fully saturated rings. The smallest absolute Gasteiger partial charge is 0.175 e. The van der Waals surface area contributed by atoms with Crippen LogP contribution < -0.4 is 5.73 Å². The quantitative estimate of drug-likeness (QED) is 0.936. The van der Waals surface area contributed by atoms with Crippen LogP contribution in [-0.2, 0) is 9.84 Å². The molecule has 1 atom stereocenters. The van der Waals surface area contributed by atoms with E-state index in [0.717, 1.165) is 15.4 Å². The lowest BCUT2D eigenvalue weighted by Gasteiger charge is -2.12. The largest absolute Gasteiger partial charge is 0.324 e. The van der Waals surface area contributed by atoms with E-state index in [2.05, 4.69) is 0 Å². The maximum atomic E-state index is 13.3. The zero-order valence-electron chi connectivity index (χ0n) is 11.7. The molecule has 2 aromatic rings. The van der Waals surface area contributed by atoms with E-state index < -0.39 is 9.84 Å². The highest BCUT2D eigenvalue weighted by Gasteiger charge is 2.11. The molecule has 0 aromatic heterocycles. The number of sulfone groups is 1. The predicted molar refractivity (Wildman–Crippen MR) is 82.7 cm³/mol. The van der Waals surface area contributed by atoms with E-state index >= 15 is 0 Å². The molecule has 2 rings (SSSR count). The standard InChI is InChI=1S/C15H16FNO2S2/c1-10(17)14-9-11(16)3-8-15(14)20-12-4-6-13(7-5-12)21(2,18)19/h3-10H,17H2,1-2H3. The van der Waals surface area contributed by atoms with E-state index in [0.29, 0.717) is 0 Å². The highest BCUT2D eigenvalue weighted by molar-refractivity contribution is 7.99. The molecular weight excluding hydrogens is 309 g/mol. The molecule has 0 amide bonds. The van der Waals surface area contributed by atoms with Crippen LogP contribution in [0.15, 0.2) is 57.2 Å². The number of hydrogen-bond donors (Lipinski definition) is 1. The van der Waals surface area contributed by atoms with Crippen molar-refractivity contribution in [1.29, 1.82) is 0 Å². The summed E-state index contributed by atoms with van der Waals surface area (Å²) in [6, 6.07) is 10.8. The van der Waals surface area contributed by atoms with Crippen LogP contribution >= 0.6 is 11.8 Å². The highest BCUT2D eigenvalue weighted by Crippen LogP contribution is 2.33. The summed E-state index contributed by atoms with van der Waals surface area (Å²) >= 11 is 1.43. The molecule has 0 radical (unpaired) electrons. The van der Waals surface area contributed by atoms with Gasteiger partial charge in [0, 0.05) is 22.1 Å². The van der Waals surface area contributed by atoms with E-state index in [9.17, 15) is 12.8 Å². The number of benzene rings is 2. The molecule has 21 heavy (non-hydrogen) atoms. The molecule has 2 N–H and O–H groups in total. The lowest BCUT2D eigenvalue weighted by atomic mass is 10.1. The Morgan fingerprint density at radius 1 is 1.14 bits per heavy atom. The molecule has 0 aliphatic heterocycles. The molecule has 0 spiro atoms. The SMILES string of the molecule is CC(N)c1cc(F)ccc1Sc1ccc(S(C)(=O)=O)cc1. The Bertz CT molecular complexity index is 741. The van der Waals surface area contributed by atoms with Crippen LogP contribution in [0.25, 0.3) is 0 Å². The first-order valence-electron chi connectivity index (χ1n) is 6.30. The summed E-state index contributed by atoms with van der Waals surface area (Å²) in [6.07, 6.45) is 1.17. The van der Waals surface area contributed by atoms with Gasteiger partial charge >= 0.3 is 0 Å². The van der Waals surface area contributed by atoms with Gasteiger partial charge in [0.1, 0.15) is 5.82 Å². The molecule has 112 valence electrons. The van der Waals surface area contributed by atoms with Crippen LogP contribution in [0.2, 0.25) is 0 Å². The van der Waals surface area contributed by atoms with E-state index in [1.54, 1.807) is 37.3 Å². The van der Waals surface area contributed by atoms with Gasteiger partial charge < -0.3 is 5.73 Å². The summed E-state index contributed by atoms with van der Waals surface area (Å²) in [5.41, 5.74) is 6.59. The minimum atomic E-state index is -3.20. The number of rotatable bonds is 4. The van der Waals surface area contributed by atoms with Crippen molar-refractivity contribution in [2.45, 2.75) is 27.7 Å². The van der Waals surface area contributed by atoms with Gasteiger partial charge in [-0.1, -0.05) is 11.8 Å². The molecule has 0 aliphatic rings. The normalized spacial score (nSPS) is 13.1. The minimum Gasteiger partial charge on any atom is -0.324 e. The topological polar surface area (TPSA) is 60.2 Å². The van der Waals surface area contributed by atoms with E-state index in [1.807, 2.05) is 0 Å². The third-order valence-corrected chi connectivity index (χ3v) is 5.17. The van der Waals surface area contributed by atoms with Gasteiger partial charge in [-0.05, 0) is 55.0 Å². The first-order valence-corrected chi connectivity index (χ1v) is 9.01. The number of halogens is 1. The van der Waals surface area contributed by atoms with Crippen molar-refractivity contribution in [1.82, 2.24) is 0 Å². The van der Waals surface area contributed by atoms with Gasteiger partial charge in [0.05, 0.1) is 4.90 Å². The first kappa shape index (κ1) is 16.0. The molecule has 3 nitrogen and oxygen atoms in total. The van der Waals surface area contributed by atoms with Crippen molar-refractivity contribution >= 4 is 21.6 Å². The van der Waals surface area contributed by atoms with E-state index in [-0.39, 0.29) is 16.8 Å². The van der Waals surface area contributed by atoms with Crippen molar-refractivity contribution in [3.63, 3.8) is 0 Å². The van der Waals surface area contributed by atoms with E-state index in [4.69, 9.17) is 5.73 Å². The number of hydrogen-bond acceptors (Lipinski definition) is 4. The van der Waals surface area contributed by atoms with Crippen LogP contribution in [0, 0.1) is 5.82 Å².